The van der Waals surface area contributed by atoms with Crippen LogP contribution in [-0.4, -0.2) is 33.1 Å². The number of hydrogen-bond acceptors (Lipinski definition) is 6. The molecule has 4 rings (SSSR count). The van der Waals surface area contributed by atoms with Crippen molar-refractivity contribution in [3.63, 3.8) is 0 Å². The van der Waals surface area contributed by atoms with Gasteiger partial charge in [-0.1, -0.05) is 24.3 Å². The van der Waals surface area contributed by atoms with E-state index < -0.39 is 11.8 Å². The summed E-state index contributed by atoms with van der Waals surface area (Å²) in [5, 5.41) is 3.15. The number of anilines is 2. The number of carbonyl (C=O) groups is 2. The van der Waals surface area contributed by atoms with E-state index in [1.807, 2.05) is 38.1 Å². The van der Waals surface area contributed by atoms with Crippen molar-refractivity contribution in [2.45, 2.75) is 13.8 Å². The van der Waals surface area contributed by atoms with Gasteiger partial charge in [-0.2, -0.15) is 0 Å². The fourth-order valence-electron chi connectivity index (χ4n) is 4.11. The quantitative estimate of drug-likeness (QED) is 0.516. The zero-order valence-electron chi connectivity index (χ0n) is 19.8. The second-order valence-corrected chi connectivity index (χ2v) is 7.93. The van der Waals surface area contributed by atoms with E-state index in [-0.39, 0.29) is 11.3 Å². The Morgan fingerprint density at radius 3 is 2.06 bits per heavy atom. The van der Waals surface area contributed by atoms with E-state index in [1.165, 1.54) is 19.1 Å². The summed E-state index contributed by atoms with van der Waals surface area (Å²) in [6, 6.07) is 17.9. The molecular weight excluding hydrogens is 432 g/mol. The first kappa shape index (κ1) is 22.9. The lowest BCUT2D eigenvalue weighted by Crippen LogP contribution is -2.32. The molecule has 0 saturated carbocycles. The Morgan fingerprint density at radius 2 is 1.41 bits per heavy atom. The summed E-state index contributed by atoms with van der Waals surface area (Å²) in [4.78, 5) is 28.7. The zero-order chi connectivity index (χ0) is 24.4. The summed E-state index contributed by atoms with van der Waals surface area (Å²) >= 11 is 0. The topological polar surface area (TPSA) is 77.1 Å². The molecule has 0 bridgehead atoms. The number of ether oxygens (including phenoxy) is 3. The molecule has 1 aliphatic rings. The maximum atomic E-state index is 13.8. The highest BCUT2D eigenvalue weighted by molar-refractivity contribution is 6.46. The van der Waals surface area contributed by atoms with Crippen LogP contribution in [0.15, 0.2) is 66.4 Å². The molecule has 0 radical (unpaired) electrons. The van der Waals surface area contributed by atoms with Gasteiger partial charge in [-0.25, -0.2) is 4.90 Å². The number of rotatable bonds is 7. The van der Waals surface area contributed by atoms with Crippen molar-refractivity contribution in [2.75, 3.05) is 31.5 Å². The van der Waals surface area contributed by atoms with E-state index >= 15 is 0 Å². The van der Waals surface area contributed by atoms with Crippen molar-refractivity contribution in [2.24, 2.45) is 0 Å². The van der Waals surface area contributed by atoms with Crippen LogP contribution in [0.5, 0.6) is 17.2 Å². The van der Waals surface area contributed by atoms with Crippen LogP contribution in [0.4, 0.5) is 11.4 Å². The molecule has 1 aliphatic heterocycles. The number of amides is 2. The minimum absolute atomic E-state index is 0.125. The average molecular weight is 459 g/mol. The van der Waals surface area contributed by atoms with Gasteiger partial charge >= 0.3 is 0 Å². The van der Waals surface area contributed by atoms with E-state index in [1.54, 1.807) is 43.5 Å². The van der Waals surface area contributed by atoms with E-state index in [0.717, 1.165) is 11.1 Å². The van der Waals surface area contributed by atoms with Crippen LogP contribution >= 0.6 is 0 Å². The normalized spacial score (nSPS) is 13.4. The predicted molar refractivity (Wildman–Crippen MR) is 131 cm³/mol. The summed E-state index contributed by atoms with van der Waals surface area (Å²) < 4.78 is 16.3. The highest BCUT2D eigenvalue weighted by atomic mass is 16.5. The molecule has 0 aliphatic carbocycles. The van der Waals surface area contributed by atoms with E-state index in [0.29, 0.717) is 34.2 Å². The van der Waals surface area contributed by atoms with E-state index in [2.05, 4.69) is 5.32 Å². The fourth-order valence-corrected chi connectivity index (χ4v) is 4.11. The monoisotopic (exact) mass is 458 g/mol. The Kier molecular flexibility index (Phi) is 6.27. The average Bonchev–Trinajstić information content (AvgIpc) is 3.07. The lowest BCUT2D eigenvalue weighted by molar-refractivity contribution is -0.120. The number of benzene rings is 3. The molecule has 3 aromatic rings. The first-order valence-electron chi connectivity index (χ1n) is 10.7. The van der Waals surface area contributed by atoms with Gasteiger partial charge in [-0.3, -0.25) is 9.59 Å². The van der Waals surface area contributed by atoms with Crippen LogP contribution in [-0.2, 0) is 9.59 Å². The Bertz CT molecular complexity index is 1290. The molecule has 0 aromatic heterocycles. The largest absolute Gasteiger partial charge is 0.497 e. The van der Waals surface area contributed by atoms with Crippen molar-refractivity contribution in [3.8, 4) is 17.2 Å². The first-order valence-corrected chi connectivity index (χ1v) is 10.7. The predicted octanol–water partition coefficient (Wildman–Crippen LogP) is 4.73. The molecule has 174 valence electrons. The molecule has 0 saturated heterocycles. The second kappa shape index (κ2) is 9.31. The van der Waals surface area contributed by atoms with Crippen molar-refractivity contribution >= 4 is 28.8 Å². The van der Waals surface area contributed by atoms with Gasteiger partial charge in [0, 0.05) is 11.6 Å². The van der Waals surface area contributed by atoms with Gasteiger partial charge in [0.15, 0.2) is 0 Å². The summed E-state index contributed by atoms with van der Waals surface area (Å²) in [7, 11) is 4.61. The third kappa shape index (κ3) is 4.08. The highest BCUT2D eigenvalue weighted by Gasteiger charge is 2.41. The van der Waals surface area contributed by atoms with Gasteiger partial charge in [0.25, 0.3) is 11.8 Å². The Balaban J connectivity index is 1.91. The van der Waals surface area contributed by atoms with Crippen molar-refractivity contribution in [1.82, 2.24) is 0 Å². The van der Waals surface area contributed by atoms with Crippen molar-refractivity contribution in [1.29, 1.82) is 0 Å². The number of imide groups is 1. The maximum Gasteiger partial charge on any atom is 0.282 e. The SMILES string of the molecule is COc1ccc(OC)c(NC2=C(c3ccccc3OC)C(=O)N(c3cc(C)cc(C)c3)C2=O)c1. The molecular formula is C27H26N2O5. The number of carbonyl (C=O) groups excluding carboxylic acids is 2. The highest BCUT2D eigenvalue weighted by Crippen LogP contribution is 2.39. The minimum atomic E-state index is -0.472. The van der Waals surface area contributed by atoms with E-state index in [9.17, 15) is 9.59 Å². The summed E-state index contributed by atoms with van der Waals surface area (Å²) in [6.07, 6.45) is 0. The minimum Gasteiger partial charge on any atom is -0.497 e. The molecule has 2 amide bonds. The molecule has 0 fully saturated rings. The third-order valence-electron chi connectivity index (χ3n) is 5.59. The van der Waals surface area contributed by atoms with Crippen molar-refractivity contribution in [3.05, 3.63) is 83.1 Å². The summed E-state index contributed by atoms with van der Waals surface area (Å²) in [5.41, 5.74) is 3.75. The van der Waals surface area contributed by atoms with Gasteiger partial charge < -0.3 is 19.5 Å². The van der Waals surface area contributed by atoms with Crippen LogP contribution in [0.25, 0.3) is 5.57 Å². The van der Waals surface area contributed by atoms with Gasteiger partial charge in [0.2, 0.25) is 0 Å². The molecule has 0 spiro atoms. The Morgan fingerprint density at radius 1 is 0.735 bits per heavy atom. The Hall–Kier alpha value is -4.26. The second-order valence-electron chi connectivity index (χ2n) is 7.93. The number of hydrogen-bond donors (Lipinski definition) is 1. The van der Waals surface area contributed by atoms with E-state index in [4.69, 9.17) is 14.2 Å². The Labute approximate surface area is 198 Å². The number of methoxy groups -OCH3 is 3. The van der Waals surface area contributed by atoms with Gasteiger partial charge in [0.1, 0.15) is 22.9 Å². The lowest BCUT2D eigenvalue weighted by atomic mass is 10.0. The zero-order valence-corrected chi connectivity index (χ0v) is 19.8. The molecule has 7 heteroatoms. The number of aryl methyl sites for hydroxylation is 2. The third-order valence-corrected chi connectivity index (χ3v) is 5.59. The number of para-hydroxylation sites is 1. The molecule has 34 heavy (non-hydrogen) atoms. The standard InChI is InChI=1S/C27H26N2O5/c1-16-12-17(2)14-18(13-16)29-26(30)24(20-8-6-7-9-22(20)33-4)25(27(29)31)28-21-15-19(32-3)10-11-23(21)34-5/h6-15,28H,1-5H3. The van der Waals surface area contributed by atoms with Gasteiger partial charge in [-0.05, 0) is 55.3 Å². The lowest BCUT2D eigenvalue weighted by Gasteiger charge is -2.17. The van der Waals surface area contributed by atoms with Crippen molar-refractivity contribution < 1.29 is 23.8 Å². The number of nitrogens with one attached hydrogen (secondary N) is 1. The molecule has 3 aromatic carbocycles. The summed E-state index contributed by atoms with van der Waals surface area (Å²) in [6.45, 7) is 3.85. The number of nitrogens with zero attached hydrogens (tertiary/aromatic N) is 1. The van der Waals surface area contributed by atoms with Gasteiger partial charge in [0.05, 0.1) is 38.3 Å². The maximum absolute atomic E-state index is 13.8. The summed E-state index contributed by atoms with van der Waals surface area (Å²) in [5.74, 6) is 0.644. The van der Waals surface area contributed by atoms with Crippen LogP contribution in [0, 0.1) is 13.8 Å². The van der Waals surface area contributed by atoms with Crippen LogP contribution < -0.4 is 24.4 Å². The molecule has 7 nitrogen and oxygen atoms in total. The van der Waals surface area contributed by atoms with Crippen LogP contribution in [0.1, 0.15) is 16.7 Å². The molecule has 0 atom stereocenters. The molecule has 1 N–H and O–H groups in total. The fraction of sp³-hybridized carbons (Fsp3) is 0.185. The molecule has 1 heterocycles. The van der Waals surface area contributed by atoms with Crippen LogP contribution in [0.2, 0.25) is 0 Å². The smallest absolute Gasteiger partial charge is 0.282 e. The molecule has 0 unspecified atom stereocenters. The first-order chi connectivity index (χ1) is 16.4. The van der Waals surface area contributed by atoms with Crippen LogP contribution in [0.3, 0.4) is 0 Å². The van der Waals surface area contributed by atoms with Gasteiger partial charge in [-0.15, -0.1) is 0 Å².